The maximum atomic E-state index is 11.9. The molecular formula is C21H28N6O. The highest BCUT2D eigenvalue weighted by Crippen LogP contribution is 2.27. The van der Waals surface area contributed by atoms with Crippen molar-refractivity contribution in [3.8, 4) is 11.5 Å². The molecule has 1 atom stereocenters. The number of nitrogens with zero attached hydrogens (tertiary/aromatic N) is 5. The molecule has 0 radical (unpaired) electrons. The topological polar surface area (TPSA) is 74.2 Å². The zero-order valence-corrected chi connectivity index (χ0v) is 16.7. The number of pyridine rings is 1. The molecule has 1 amide bonds. The SMILES string of the molecule is CC(=O)N1CCc2c(nc(-c3ccccn3)nc2NC[C@@H]2CCCCN2C)C1. The average Bonchev–Trinajstić information content (AvgIpc) is 2.73. The predicted molar refractivity (Wildman–Crippen MR) is 109 cm³/mol. The summed E-state index contributed by atoms with van der Waals surface area (Å²) in [5, 5.41) is 3.60. The fraction of sp³-hybridized carbons (Fsp3) is 0.524. The van der Waals surface area contributed by atoms with Gasteiger partial charge in [-0.1, -0.05) is 12.5 Å². The lowest BCUT2D eigenvalue weighted by molar-refractivity contribution is -0.129. The van der Waals surface area contributed by atoms with Gasteiger partial charge in [0.05, 0.1) is 12.2 Å². The highest BCUT2D eigenvalue weighted by atomic mass is 16.2. The Kier molecular flexibility index (Phi) is 5.52. The van der Waals surface area contributed by atoms with Crippen LogP contribution in [0.1, 0.15) is 37.4 Å². The Morgan fingerprint density at radius 3 is 2.89 bits per heavy atom. The number of anilines is 1. The van der Waals surface area contributed by atoms with Gasteiger partial charge in [-0.25, -0.2) is 9.97 Å². The Bertz CT molecular complexity index is 840. The Balaban J connectivity index is 1.64. The Hall–Kier alpha value is -2.54. The first-order valence-corrected chi connectivity index (χ1v) is 10.1. The van der Waals surface area contributed by atoms with Gasteiger partial charge >= 0.3 is 0 Å². The minimum absolute atomic E-state index is 0.0852. The van der Waals surface area contributed by atoms with Crippen LogP contribution in [0.2, 0.25) is 0 Å². The van der Waals surface area contributed by atoms with E-state index in [1.807, 2.05) is 23.1 Å². The molecule has 1 N–H and O–H groups in total. The van der Waals surface area contributed by atoms with Gasteiger partial charge in [-0.05, 0) is 45.0 Å². The van der Waals surface area contributed by atoms with Crippen LogP contribution in [0.4, 0.5) is 5.82 Å². The zero-order valence-electron chi connectivity index (χ0n) is 16.7. The Labute approximate surface area is 166 Å². The third-order valence-corrected chi connectivity index (χ3v) is 5.83. The van der Waals surface area contributed by atoms with E-state index in [2.05, 4.69) is 22.2 Å². The summed E-state index contributed by atoms with van der Waals surface area (Å²) in [4.78, 5) is 30.2. The van der Waals surface area contributed by atoms with Crippen molar-refractivity contribution in [3.05, 3.63) is 35.7 Å². The molecule has 0 aromatic carbocycles. The molecule has 4 rings (SSSR count). The van der Waals surface area contributed by atoms with Gasteiger partial charge in [0.25, 0.3) is 0 Å². The van der Waals surface area contributed by atoms with Crippen LogP contribution >= 0.6 is 0 Å². The summed E-state index contributed by atoms with van der Waals surface area (Å²) >= 11 is 0. The van der Waals surface area contributed by atoms with Crippen molar-refractivity contribution >= 4 is 11.7 Å². The van der Waals surface area contributed by atoms with Gasteiger partial charge in [-0.2, -0.15) is 0 Å². The lowest BCUT2D eigenvalue weighted by Gasteiger charge is -2.33. The molecule has 4 heterocycles. The van der Waals surface area contributed by atoms with Gasteiger partial charge in [-0.15, -0.1) is 0 Å². The molecule has 7 nitrogen and oxygen atoms in total. The molecule has 2 aromatic rings. The lowest BCUT2D eigenvalue weighted by atomic mass is 10.0. The number of likely N-dealkylation sites (tertiary alicyclic amines) is 1. The number of fused-ring (bicyclic) bond motifs is 1. The smallest absolute Gasteiger partial charge is 0.219 e. The van der Waals surface area contributed by atoms with Crippen molar-refractivity contribution in [2.75, 3.05) is 32.0 Å². The first-order chi connectivity index (χ1) is 13.6. The van der Waals surface area contributed by atoms with Crippen molar-refractivity contribution in [2.24, 2.45) is 0 Å². The summed E-state index contributed by atoms with van der Waals surface area (Å²) in [5.74, 6) is 1.60. The van der Waals surface area contributed by atoms with E-state index < -0.39 is 0 Å². The minimum Gasteiger partial charge on any atom is -0.368 e. The Morgan fingerprint density at radius 1 is 1.25 bits per heavy atom. The van der Waals surface area contributed by atoms with Crippen molar-refractivity contribution in [3.63, 3.8) is 0 Å². The van der Waals surface area contributed by atoms with Crippen LogP contribution in [0.3, 0.4) is 0 Å². The summed E-state index contributed by atoms with van der Waals surface area (Å²) in [6.45, 7) is 4.89. The van der Waals surface area contributed by atoms with Gasteiger partial charge in [0, 0.05) is 37.8 Å². The van der Waals surface area contributed by atoms with Crippen molar-refractivity contribution in [1.82, 2.24) is 24.8 Å². The van der Waals surface area contributed by atoms with E-state index >= 15 is 0 Å². The van der Waals surface area contributed by atoms with Gasteiger partial charge in [0.2, 0.25) is 5.91 Å². The van der Waals surface area contributed by atoms with Gasteiger partial charge < -0.3 is 15.1 Å². The second-order valence-electron chi connectivity index (χ2n) is 7.74. The number of carbonyl (C=O) groups excluding carboxylic acids is 1. The Morgan fingerprint density at radius 2 is 2.14 bits per heavy atom. The van der Waals surface area contributed by atoms with E-state index in [-0.39, 0.29) is 5.91 Å². The number of hydrogen-bond acceptors (Lipinski definition) is 6. The fourth-order valence-corrected chi connectivity index (χ4v) is 4.07. The van der Waals surface area contributed by atoms with Crippen molar-refractivity contribution in [2.45, 2.75) is 45.2 Å². The molecule has 148 valence electrons. The molecule has 2 aliphatic heterocycles. The van der Waals surface area contributed by atoms with Crippen LogP contribution in [0, 0.1) is 0 Å². The second kappa shape index (κ2) is 8.22. The molecule has 28 heavy (non-hydrogen) atoms. The standard InChI is InChI=1S/C21H28N6O/c1-15(28)27-12-9-17-19(14-27)24-21(18-8-3-5-10-22-18)25-20(17)23-13-16-7-4-6-11-26(16)2/h3,5,8,10,16H,4,6-7,9,11-14H2,1-2H3,(H,23,24,25)/t16-/m0/s1. The van der Waals surface area contributed by atoms with Crippen molar-refractivity contribution in [1.29, 1.82) is 0 Å². The summed E-state index contributed by atoms with van der Waals surface area (Å²) < 4.78 is 0. The number of hydrogen-bond donors (Lipinski definition) is 1. The summed E-state index contributed by atoms with van der Waals surface area (Å²) in [5.41, 5.74) is 2.82. The first-order valence-electron chi connectivity index (χ1n) is 10.1. The number of rotatable bonds is 4. The third kappa shape index (κ3) is 3.99. The minimum atomic E-state index is 0.0852. The molecule has 0 spiro atoms. The summed E-state index contributed by atoms with van der Waals surface area (Å²) in [6, 6.07) is 6.27. The van der Waals surface area contributed by atoms with Crippen LogP contribution in [-0.2, 0) is 17.8 Å². The van der Waals surface area contributed by atoms with Gasteiger partial charge in [-0.3, -0.25) is 9.78 Å². The average molecular weight is 380 g/mol. The number of amides is 1. The molecule has 2 aromatic heterocycles. The third-order valence-electron chi connectivity index (χ3n) is 5.83. The van der Waals surface area contributed by atoms with E-state index in [4.69, 9.17) is 9.97 Å². The molecular weight excluding hydrogens is 352 g/mol. The van der Waals surface area contributed by atoms with Crippen LogP contribution in [0.25, 0.3) is 11.5 Å². The maximum Gasteiger partial charge on any atom is 0.219 e. The van der Waals surface area contributed by atoms with Crippen LogP contribution < -0.4 is 5.32 Å². The highest BCUT2D eigenvalue weighted by molar-refractivity contribution is 5.74. The highest BCUT2D eigenvalue weighted by Gasteiger charge is 2.25. The van der Waals surface area contributed by atoms with E-state index in [1.165, 1.54) is 19.3 Å². The monoisotopic (exact) mass is 380 g/mol. The molecule has 1 saturated heterocycles. The fourth-order valence-electron chi connectivity index (χ4n) is 4.07. The van der Waals surface area contributed by atoms with Crippen molar-refractivity contribution < 1.29 is 4.79 Å². The van der Waals surface area contributed by atoms with Gasteiger partial charge in [0.15, 0.2) is 5.82 Å². The van der Waals surface area contributed by atoms with Crippen LogP contribution in [0.5, 0.6) is 0 Å². The molecule has 0 saturated carbocycles. The van der Waals surface area contributed by atoms with E-state index in [1.54, 1.807) is 13.1 Å². The molecule has 0 aliphatic carbocycles. The molecule has 2 aliphatic rings. The quantitative estimate of drug-likeness (QED) is 0.878. The van der Waals surface area contributed by atoms with E-state index in [0.717, 1.165) is 42.3 Å². The lowest BCUT2D eigenvalue weighted by Crippen LogP contribution is -2.41. The summed E-state index contributed by atoms with van der Waals surface area (Å²) in [7, 11) is 2.20. The second-order valence-corrected chi connectivity index (χ2v) is 7.74. The van der Waals surface area contributed by atoms with Crippen LogP contribution in [0.15, 0.2) is 24.4 Å². The van der Waals surface area contributed by atoms with Crippen LogP contribution in [-0.4, -0.2) is 63.4 Å². The maximum absolute atomic E-state index is 11.9. The van der Waals surface area contributed by atoms with E-state index in [9.17, 15) is 4.79 Å². The number of aromatic nitrogens is 3. The number of carbonyl (C=O) groups is 1. The molecule has 0 unspecified atom stereocenters. The first kappa shape index (κ1) is 18.8. The predicted octanol–water partition coefficient (Wildman–Crippen LogP) is 2.34. The molecule has 0 bridgehead atoms. The number of likely N-dealkylation sites (N-methyl/N-ethyl adjacent to an activating group) is 1. The number of nitrogens with one attached hydrogen (secondary N) is 1. The normalized spacial score (nSPS) is 19.9. The largest absolute Gasteiger partial charge is 0.368 e. The number of piperidine rings is 1. The molecule has 7 heteroatoms. The molecule has 1 fully saturated rings. The van der Waals surface area contributed by atoms with Gasteiger partial charge in [0.1, 0.15) is 11.5 Å². The zero-order chi connectivity index (χ0) is 19.5. The van der Waals surface area contributed by atoms with E-state index in [0.29, 0.717) is 25.0 Å². The summed E-state index contributed by atoms with van der Waals surface area (Å²) in [6.07, 6.45) is 6.30.